The Bertz CT molecular complexity index is 1050. The number of esters is 1. The molecule has 2 amide bonds. The zero-order valence-electron chi connectivity index (χ0n) is 17.2. The number of ketones is 1. The van der Waals surface area contributed by atoms with Gasteiger partial charge in [-0.05, 0) is 56.2 Å². The maximum Gasteiger partial charge on any atom is 0.338 e. The molecule has 0 spiro atoms. The van der Waals surface area contributed by atoms with Gasteiger partial charge in [0.25, 0.3) is 0 Å². The van der Waals surface area contributed by atoms with Gasteiger partial charge in [0.15, 0.2) is 6.10 Å². The van der Waals surface area contributed by atoms with E-state index in [4.69, 9.17) is 4.74 Å². The number of benzene rings is 2. The van der Waals surface area contributed by atoms with Crippen molar-refractivity contribution in [1.29, 1.82) is 0 Å². The van der Waals surface area contributed by atoms with E-state index >= 15 is 0 Å². The minimum absolute atomic E-state index is 0.152. The van der Waals surface area contributed by atoms with Gasteiger partial charge in [0.05, 0.1) is 23.1 Å². The van der Waals surface area contributed by atoms with Crippen LogP contribution in [-0.4, -0.2) is 29.7 Å². The van der Waals surface area contributed by atoms with Crippen molar-refractivity contribution in [1.82, 2.24) is 0 Å². The Morgan fingerprint density at radius 2 is 1.52 bits per heavy atom. The Kier molecular flexibility index (Phi) is 4.73. The lowest BCUT2D eigenvalue weighted by atomic mass is 9.81. The number of anilines is 1. The maximum absolute atomic E-state index is 13.0. The van der Waals surface area contributed by atoms with E-state index in [2.05, 4.69) is 0 Å². The molecule has 0 unspecified atom stereocenters. The van der Waals surface area contributed by atoms with Crippen LogP contribution in [-0.2, 0) is 14.3 Å². The Morgan fingerprint density at radius 3 is 2.16 bits per heavy atom. The third-order valence-electron chi connectivity index (χ3n) is 6.98. The van der Waals surface area contributed by atoms with E-state index in [-0.39, 0.29) is 35.0 Å². The van der Waals surface area contributed by atoms with Crippen LogP contribution in [0.4, 0.5) is 5.69 Å². The highest BCUT2D eigenvalue weighted by Gasteiger charge is 2.61. The first-order chi connectivity index (χ1) is 15.0. The smallest absolute Gasteiger partial charge is 0.338 e. The summed E-state index contributed by atoms with van der Waals surface area (Å²) >= 11 is 0. The molecule has 0 radical (unpaired) electrons. The van der Waals surface area contributed by atoms with Crippen LogP contribution in [0.25, 0.3) is 0 Å². The number of hydrogen-bond donors (Lipinski definition) is 0. The Labute approximate surface area is 180 Å². The molecule has 3 fully saturated rings. The second kappa shape index (κ2) is 7.45. The highest BCUT2D eigenvalue weighted by atomic mass is 16.5. The standard InChI is InChI=1S/C25H23NO5/c1-14(22(27)15-6-3-2-4-7-15)31-25(30)18-8-5-9-19(13-18)26-23(28)20-16-10-11-17(12-16)21(20)24(26)29/h2-9,13-14,16-17,20-21H,10-12H2,1H3/t14-,16-,17+,20-,21-/m0/s1. The number of carbonyl (C=O) groups excluding carboxylic acids is 4. The molecule has 2 bridgehead atoms. The minimum Gasteiger partial charge on any atom is -0.451 e. The molecule has 3 aliphatic rings. The predicted octanol–water partition coefficient (Wildman–Crippen LogP) is 3.65. The van der Waals surface area contributed by atoms with Crippen molar-refractivity contribution < 1.29 is 23.9 Å². The Morgan fingerprint density at radius 1 is 0.903 bits per heavy atom. The summed E-state index contributed by atoms with van der Waals surface area (Å²) < 4.78 is 5.37. The van der Waals surface area contributed by atoms with Gasteiger partial charge in [0.2, 0.25) is 17.6 Å². The fraction of sp³-hybridized carbons (Fsp3) is 0.360. The lowest BCUT2D eigenvalue weighted by molar-refractivity contribution is -0.123. The van der Waals surface area contributed by atoms with Crippen LogP contribution in [0.5, 0.6) is 0 Å². The summed E-state index contributed by atoms with van der Waals surface area (Å²) in [5.41, 5.74) is 1.05. The van der Waals surface area contributed by atoms with Crippen molar-refractivity contribution in [3.05, 3.63) is 65.7 Å². The van der Waals surface area contributed by atoms with Crippen molar-refractivity contribution in [2.75, 3.05) is 4.90 Å². The number of nitrogens with zero attached hydrogens (tertiary/aromatic N) is 1. The first-order valence-corrected chi connectivity index (χ1v) is 10.7. The van der Waals surface area contributed by atoms with E-state index in [1.807, 2.05) is 0 Å². The van der Waals surface area contributed by atoms with Gasteiger partial charge in [0, 0.05) is 5.56 Å². The number of amides is 2. The average Bonchev–Trinajstić information content (AvgIpc) is 3.47. The molecule has 2 aromatic carbocycles. The second-order valence-electron chi connectivity index (χ2n) is 8.72. The summed E-state index contributed by atoms with van der Waals surface area (Å²) in [7, 11) is 0. The predicted molar refractivity (Wildman–Crippen MR) is 112 cm³/mol. The van der Waals surface area contributed by atoms with Gasteiger partial charge in [-0.25, -0.2) is 4.79 Å². The largest absolute Gasteiger partial charge is 0.451 e. The van der Waals surface area contributed by atoms with Crippen LogP contribution in [0, 0.1) is 23.7 Å². The van der Waals surface area contributed by atoms with Crippen LogP contribution in [0.1, 0.15) is 46.9 Å². The number of fused-ring (bicyclic) bond motifs is 5. The number of Topliss-reactive ketones (excluding diaryl/α,β-unsaturated/α-hetero) is 1. The number of carbonyl (C=O) groups is 4. The topological polar surface area (TPSA) is 80.8 Å². The molecule has 6 nitrogen and oxygen atoms in total. The summed E-state index contributed by atoms with van der Waals surface area (Å²) in [6.07, 6.45) is 2.04. The van der Waals surface area contributed by atoms with Crippen molar-refractivity contribution in [3.8, 4) is 0 Å². The minimum atomic E-state index is -0.955. The van der Waals surface area contributed by atoms with E-state index in [1.54, 1.807) is 48.5 Å². The van der Waals surface area contributed by atoms with Crippen LogP contribution in [0.15, 0.2) is 54.6 Å². The molecule has 158 valence electrons. The normalized spacial score (nSPS) is 27.3. The monoisotopic (exact) mass is 417 g/mol. The molecule has 6 heteroatoms. The third kappa shape index (κ3) is 3.17. The van der Waals surface area contributed by atoms with Gasteiger partial charge in [-0.3, -0.25) is 19.3 Å². The summed E-state index contributed by atoms with van der Waals surface area (Å²) in [6, 6.07) is 15.0. The summed E-state index contributed by atoms with van der Waals surface area (Å²) in [4.78, 5) is 52.5. The molecule has 0 N–H and O–H groups in total. The molecule has 31 heavy (non-hydrogen) atoms. The van der Waals surface area contributed by atoms with Crippen LogP contribution in [0.2, 0.25) is 0 Å². The molecule has 1 aliphatic heterocycles. The zero-order chi connectivity index (χ0) is 21.7. The second-order valence-corrected chi connectivity index (χ2v) is 8.72. The number of rotatable bonds is 5. The molecule has 1 saturated heterocycles. The van der Waals surface area contributed by atoms with Crippen LogP contribution in [0.3, 0.4) is 0 Å². The summed E-state index contributed by atoms with van der Waals surface area (Å²) in [6.45, 7) is 1.53. The molecule has 2 aliphatic carbocycles. The number of hydrogen-bond acceptors (Lipinski definition) is 5. The van der Waals surface area contributed by atoms with E-state index in [0.717, 1.165) is 19.3 Å². The summed E-state index contributed by atoms with van der Waals surface area (Å²) in [5.74, 6) is -1.10. The van der Waals surface area contributed by atoms with Crippen molar-refractivity contribution in [2.45, 2.75) is 32.3 Å². The number of ether oxygens (including phenoxy) is 1. The van der Waals surface area contributed by atoms with Crippen molar-refractivity contribution in [2.24, 2.45) is 23.7 Å². The molecule has 1 heterocycles. The first-order valence-electron chi connectivity index (χ1n) is 10.7. The maximum atomic E-state index is 13.0. The van der Waals surface area contributed by atoms with Crippen molar-refractivity contribution in [3.63, 3.8) is 0 Å². The van der Waals surface area contributed by atoms with Gasteiger partial charge in [-0.1, -0.05) is 36.4 Å². The highest BCUT2D eigenvalue weighted by molar-refractivity contribution is 6.22. The van der Waals surface area contributed by atoms with E-state index in [1.165, 1.54) is 17.9 Å². The first kappa shape index (κ1) is 19.7. The fourth-order valence-corrected chi connectivity index (χ4v) is 5.55. The van der Waals surface area contributed by atoms with Gasteiger partial charge in [0.1, 0.15) is 0 Å². The Hall–Kier alpha value is -3.28. The molecule has 2 aromatic rings. The molecule has 2 saturated carbocycles. The van der Waals surface area contributed by atoms with Gasteiger partial charge in [-0.15, -0.1) is 0 Å². The van der Waals surface area contributed by atoms with Crippen LogP contribution >= 0.6 is 0 Å². The SMILES string of the molecule is C[C@H](OC(=O)c1cccc(N2C(=O)[C@H]3[C@@H]4CC[C@@H](C4)[C@@H]3C2=O)c1)C(=O)c1ccccc1. The third-order valence-corrected chi connectivity index (χ3v) is 6.98. The zero-order valence-corrected chi connectivity index (χ0v) is 17.2. The van der Waals surface area contributed by atoms with Crippen molar-refractivity contribution >= 4 is 29.3 Å². The van der Waals surface area contributed by atoms with Crippen LogP contribution < -0.4 is 4.90 Å². The van der Waals surface area contributed by atoms with Gasteiger partial charge in [-0.2, -0.15) is 0 Å². The van der Waals surface area contributed by atoms with E-state index in [0.29, 0.717) is 23.1 Å². The average molecular weight is 417 g/mol. The fourth-order valence-electron chi connectivity index (χ4n) is 5.55. The summed E-state index contributed by atoms with van der Waals surface area (Å²) in [5, 5.41) is 0. The lowest BCUT2D eigenvalue weighted by Gasteiger charge is -2.19. The van der Waals surface area contributed by atoms with E-state index < -0.39 is 12.1 Å². The molecular weight excluding hydrogens is 394 g/mol. The molecule has 0 aromatic heterocycles. The lowest BCUT2D eigenvalue weighted by Crippen LogP contribution is -2.33. The molecule has 5 atom stereocenters. The molecule has 5 rings (SSSR count). The van der Waals surface area contributed by atoms with Gasteiger partial charge >= 0.3 is 5.97 Å². The quantitative estimate of drug-likeness (QED) is 0.421. The van der Waals surface area contributed by atoms with E-state index in [9.17, 15) is 19.2 Å². The highest BCUT2D eigenvalue weighted by Crippen LogP contribution is 2.56. The number of imide groups is 1. The molecular formula is C25H23NO5. The Balaban J connectivity index is 1.34. The van der Waals surface area contributed by atoms with Gasteiger partial charge < -0.3 is 4.74 Å².